The lowest BCUT2D eigenvalue weighted by Crippen LogP contribution is -2.68. The molecule has 3 aliphatic heterocycles. The smallest absolute Gasteiger partial charge is 0.315 e. The maximum Gasteiger partial charge on any atom is 0.315 e. The van der Waals surface area contributed by atoms with Crippen LogP contribution >= 0.6 is 0 Å². The van der Waals surface area contributed by atoms with Gasteiger partial charge in [0.25, 0.3) is 0 Å². The second kappa shape index (κ2) is 19.2. The number of esters is 2. The third kappa shape index (κ3) is 8.78. The Balaban J connectivity index is 1.02. The van der Waals surface area contributed by atoms with Crippen LogP contribution in [0.15, 0.2) is 11.6 Å². The fourth-order valence-corrected chi connectivity index (χ4v) is 14.9. The Morgan fingerprint density at radius 3 is 2.01 bits per heavy atom. The van der Waals surface area contributed by atoms with Gasteiger partial charge in [-0.1, -0.05) is 60.1 Å². The molecular formula is C51H78O20. The van der Waals surface area contributed by atoms with E-state index in [1.54, 1.807) is 7.11 Å². The monoisotopic (exact) mass is 1010 g/mol. The minimum Gasteiger partial charge on any atom is -0.463 e. The predicted molar refractivity (Wildman–Crippen MR) is 244 cm³/mol. The lowest BCUT2D eigenvalue weighted by molar-refractivity contribution is -0.361. The minimum absolute atomic E-state index is 0.0493. The SMILES string of the molecule is COC1C=C2C3CC(C)(C)C(=O)CC3(C(=O)OC3OC(COC4OC(COC(C)=O)C(OC5OC(C)C(O)C(O)C5O)C(O)C4O)C(O)C(O)C3O)CCC2(C)C2(C)CCC3C(C)(C)C(=O)CCC3(C)C12. The van der Waals surface area contributed by atoms with Crippen LogP contribution in [0.4, 0.5) is 0 Å². The van der Waals surface area contributed by atoms with Crippen LogP contribution in [0.25, 0.3) is 0 Å². The molecule has 0 aromatic heterocycles. The number of hydrogen-bond donors (Lipinski definition) is 8. The molecule has 20 heteroatoms. The first-order chi connectivity index (χ1) is 33.0. The summed E-state index contributed by atoms with van der Waals surface area (Å²) >= 11 is 0. The molecule has 8 rings (SSSR count). The lowest BCUT2D eigenvalue weighted by Gasteiger charge is -2.71. The number of Topliss-reactive ketones (excluding diaryl/α,β-unsaturated/α-hetero) is 2. The highest BCUT2D eigenvalue weighted by atomic mass is 16.8. The second-order valence-electron chi connectivity index (χ2n) is 24.1. The fourth-order valence-electron chi connectivity index (χ4n) is 14.9. The average molecular weight is 1010 g/mol. The summed E-state index contributed by atoms with van der Waals surface area (Å²) in [5, 5.41) is 87.2. The van der Waals surface area contributed by atoms with E-state index in [0.29, 0.717) is 19.3 Å². The topological polar surface area (TPSA) is 304 Å². The number of carbonyl (C=O) groups is 4. The van der Waals surface area contributed by atoms with Crippen molar-refractivity contribution in [2.45, 2.75) is 212 Å². The highest BCUT2D eigenvalue weighted by Crippen LogP contribution is 2.75. The number of rotatable bonds is 10. The van der Waals surface area contributed by atoms with Crippen molar-refractivity contribution >= 4 is 23.5 Å². The van der Waals surface area contributed by atoms with Crippen LogP contribution in [0.1, 0.15) is 114 Å². The van der Waals surface area contributed by atoms with Gasteiger partial charge >= 0.3 is 11.9 Å². The zero-order valence-electron chi connectivity index (χ0n) is 42.6. The number of fused-ring (bicyclic) bond motifs is 7. The summed E-state index contributed by atoms with van der Waals surface area (Å²) in [5.74, 6) is -1.71. The van der Waals surface area contributed by atoms with Gasteiger partial charge in [-0.2, -0.15) is 0 Å². The summed E-state index contributed by atoms with van der Waals surface area (Å²) in [4.78, 5) is 54.5. The Morgan fingerprint density at radius 1 is 0.718 bits per heavy atom. The summed E-state index contributed by atoms with van der Waals surface area (Å²) in [6.07, 6.45) is -19.6. The van der Waals surface area contributed by atoms with Gasteiger partial charge in [-0.3, -0.25) is 19.2 Å². The molecule has 3 saturated heterocycles. The molecule has 3 heterocycles. The van der Waals surface area contributed by atoms with Crippen LogP contribution in [-0.4, -0.2) is 183 Å². The van der Waals surface area contributed by atoms with E-state index in [1.807, 2.05) is 13.8 Å². The summed E-state index contributed by atoms with van der Waals surface area (Å²) in [5.41, 5.74) is -2.68. The van der Waals surface area contributed by atoms with E-state index < -0.39 is 145 Å². The molecule has 23 unspecified atom stereocenters. The number of ketones is 2. The fraction of sp³-hybridized carbons (Fsp3) is 0.882. The number of aliphatic hydroxyl groups is 8. The van der Waals surface area contributed by atoms with Gasteiger partial charge in [-0.05, 0) is 73.5 Å². The Kier molecular flexibility index (Phi) is 14.8. The van der Waals surface area contributed by atoms with Gasteiger partial charge in [0.2, 0.25) is 6.29 Å². The molecule has 4 saturated carbocycles. The molecule has 8 N–H and O–H groups in total. The molecule has 23 atom stereocenters. The second-order valence-corrected chi connectivity index (χ2v) is 24.1. The van der Waals surface area contributed by atoms with E-state index in [2.05, 4.69) is 40.7 Å². The van der Waals surface area contributed by atoms with Crippen LogP contribution in [0.5, 0.6) is 0 Å². The first-order valence-corrected chi connectivity index (χ1v) is 25.3. The van der Waals surface area contributed by atoms with Gasteiger partial charge in [0.05, 0.1) is 24.2 Å². The van der Waals surface area contributed by atoms with E-state index in [9.17, 15) is 55.2 Å². The van der Waals surface area contributed by atoms with Crippen LogP contribution < -0.4 is 0 Å². The Bertz CT molecular complexity index is 2080. The van der Waals surface area contributed by atoms with E-state index in [1.165, 1.54) is 6.92 Å². The molecule has 0 aromatic carbocycles. The third-order valence-corrected chi connectivity index (χ3v) is 19.4. The van der Waals surface area contributed by atoms with E-state index in [0.717, 1.165) is 31.8 Å². The molecule has 0 amide bonds. The zero-order chi connectivity index (χ0) is 52.3. The Labute approximate surface area is 414 Å². The van der Waals surface area contributed by atoms with Crippen molar-refractivity contribution in [2.24, 2.45) is 50.2 Å². The molecule has 0 aromatic rings. The van der Waals surface area contributed by atoms with Gasteiger partial charge in [-0.25, -0.2) is 0 Å². The largest absolute Gasteiger partial charge is 0.463 e. The van der Waals surface area contributed by atoms with Gasteiger partial charge < -0.3 is 78.7 Å². The highest BCUT2D eigenvalue weighted by molar-refractivity contribution is 5.93. The normalized spacial score (nSPS) is 50.3. The predicted octanol–water partition coefficient (Wildman–Crippen LogP) is 0.751. The Morgan fingerprint density at radius 2 is 1.35 bits per heavy atom. The Hall–Kier alpha value is -2.54. The van der Waals surface area contributed by atoms with Gasteiger partial charge in [0, 0.05) is 43.6 Å². The van der Waals surface area contributed by atoms with Gasteiger partial charge in [0.1, 0.15) is 85.3 Å². The van der Waals surface area contributed by atoms with Crippen LogP contribution in [0.2, 0.25) is 0 Å². The molecule has 0 spiro atoms. The number of hydrogen-bond acceptors (Lipinski definition) is 20. The van der Waals surface area contributed by atoms with Crippen molar-refractivity contribution in [3.8, 4) is 0 Å². The molecule has 8 aliphatic rings. The van der Waals surface area contributed by atoms with Gasteiger partial charge in [0.15, 0.2) is 12.6 Å². The van der Waals surface area contributed by atoms with E-state index in [-0.39, 0.29) is 53.2 Å². The summed E-state index contributed by atoms with van der Waals surface area (Å²) in [6, 6.07) is 0. The number of methoxy groups -OCH3 is 1. The van der Waals surface area contributed by atoms with Crippen molar-refractivity contribution < 1.29 is 97.9 Å². The first-order valence-electron chi connectivity index (χ1n) is 25.3. The van der Waals surface area contributed by atoms with Crippen LogP contribution in [0.3, 0.4) is 0 Å². The summed E-state index contributed by atoms with van der Waals surface area (Å²) < 4.78 is 46.6. The number of aliphatic hydroxyl groups excluding tert-OH is 8. The number of allylic oxidation sites excluding steroid dienone is 1. The summed E-state index contributed by atoms with van der Waals surface area (Å²) in [6.45, 7) is 16.1. The van der Waals surface area contributed by atoms with Crippen molar-refractivity contribution in [1.82, 2.24) is 0 Å². The number of ether oxygens (including phenoxy) is 8. The first kappa shape index (κ1) is 54.7. The third-order valence-electron chi connectivity index (χ3n) is 19.4. The minimum atomic E-state index is -1.96. The van der Waals surface area contributed by atoms with Crippen molar-refractivity contribution in [3.63, 3.8) is 0 Å². The molecule has 0 radical (unpaired) electrons. The molecular weight excluding hydrogens is 933 g/mol. The molecule has 0 bridgehead atoms. The van der Waals surface area contributed by atoms with E-state index >= 15 is 4.79 Å². The number of carbonyl (C=O) groups excluding carboxylic acids is 4. The molecule has 71 heavy (non-hydrogen) atoms. The molecule has 20 nitrogen and oxygen atoms in total. The van der Waals surface area contributed by atoms with E-state index in [4.69, 9.17) is 37.9 Å². The average Bonchev–Trinajstić information content (AvgIpc) is 3.30. The van der Waals surface area contributed by atoms with Gasteiger partial charge in [-0.15, -0.1) is 0 Å². The maximum absolute atomic E-state index is 15.1. The maximum atomic E-state index is 15.1. The van der Waals surface area contributed by atoms with Crippen LogP contribution in [-0.2, 0) is 57.1 Å². The lowest BCUT2D eigenvalue weighted by atomic mass is 9.33. The quantitative estimate of drug-likeness (QED) is 0.111. The van der Waals surface area contributed by atoms with Crippen molar-refractivity contribution in [1.29, 1.82) is 0 Å². The van der Waals surface area contributed by atoms with Crippen molar-refractivity contribution in [3.05, 3.63) is 11.6 Å². The van der Waals surface area contributed by atoms with Crippen molar-refractivity contribution in [2.75, 3.05) is 20.3 Å². The molecule has 7 fully saturated rings. The molecule has 402 valence electrons. The zero-order valence-corrected chi connectivity index (χ0v) is 42.6. The highest BCUT2D eigenvalue weighted by Gasteiger charge is 2.72. The summed E-state index contributed by atoms with van der Waals surface area (Å²) in [7, 11) is 1.70. The molecule has 5 aliphatic carbocycles. The standard InChI is InChI=1S/C51H78O20/c1-22-32(55)34(57)37(60)43(67-22)70-40-28(21-65-23(2)52)69-42(39(62)36(40)59)66-20-27-33(56)35(58)38(61)44(68-27)71-45(63)51-16-15-49(8)24(25(51)18-46(3,4)31(54)19-51)17-26(64-10)41-48(7)13-12-30(53)47(5,6)29(48)11-14-50(41,49)9/h17,22,25-29,32-44,55-62H,11-16,18-21H2,1-10H3. The van der Waals surface area contributed by atoms with Crippen LogP contribution in [0, 0.1) is 50.2 Å².